The zero-order chi connectivity index (χ0) is 9.90. The average molecular weight is 182 g/mol. The molecule has 1 heterocycles. The lowest BCUT2D eigenvalue weighted by Crippen LogP contribution is -2.25. The molecule has 5 heteroatoms. The number of hydrogen-bond donors (Lipinski definition) is 1. The first-order valence-corrected chi connectivity index (χ1v) is 4.08. The highest BCUT2D eigenvalue weighted by molar-refractivity contribution is 5.88. The molecule has 0 fully saturated rings. The van der Waals surface area contributed by atoms with Crippen molar-refractivity contribution >= 4 is 5.71 Å². The predicted octanol–water partition coefficient (Wildman–Crippen LogP) is 1.15. The second-order valence-corrected chi connectivity index (χ2v) is 3.89. The maximum Gasteiger partial charge on any atom is 0.137 e. The molecule has 1 aromatic rings. The van der Waals surface area contributed by atoms with Crippen LogP contribution in [0, 0.1) is 5.41 Å². The summed E-state index contributed by atoms with van der Waals surface area (Å²) in [6, 6.07) is 0. The molecule has 0 atom stereocenters. The monoisotopic (exact) mass is 182 g/mol. The van der Waals surface area contributed by atoms with Crippen LogP contribution >= 0.6 is 0 Å². The van der Waals surface area contributed by atoms with Crippen molar-refractivity contribution < 1.29 is 5.21 Å². The van der Waals surface area contributed by atoms with Crippen LogP contribution < -0.4 is 0 Å². The smallest absolute Gasteiger partial charge is 0.137 e. The Balaban J connectivity index is 2.73. The molecule has 1 aromatic heterocycles. The van der Waals surface area contributed by atoms with Crippen molar-refractivity contribution in [1.82, 2.24) is 14.8 Å². The molecule has 0 radical (unpaired) electrons. The van der Waals surface area contributed by atoms with E-state index in [1.807, 2.05) is 20.8 Å². The van der Waals surface area contributed by atoms with Gasteiger partial charge in [-0.25, -0.2) is 9.67 Å². The SMILES string of the molecule is CC(C)(C)/C(Cn1cncn1)=N\O. The molecule has 0 aliphatic carbocycles. The van der Waals surface area contributed by atoms with Gasteiger partial charge in [0.25, 0.3) is 0 Å². The standard InChI is InChI=1S/C8H14N4O/c1-8(2,3)7(11-13)4-12-6-9-5-10-12/h5-6,13H,4H2,1-3H3/b11-7-. The third kappa shape index (κ3) is 2.54. The molecular weight excluding hydrogens is 168 g/mol. The summed E-state index contributed by atoms with van der Waals surface area (Å²) >= 11 is 0. The van der Waals surface area contributed by atoms with Gasteiger partial charge in [0.05, 0.1) is 12.3 Å². The van der Waals surface area contributed by atoms with E-state index in [-0.39, 0.29) is 5.41 Å². The Morgan fingerprint density at radius 1 is 1.54 bits per heavy atom. The minimum absolute atomic E-state index is 0.152. The fourth-order valence-electron chi connectivity index (χ4n) is 0.887. The Morgan fingerprint density at radius 3 is 2.62 bits per heavy atom. The Kier molecular flexibility index (Phi) is 2.65. The lowest BCUT2D eigenvalue weighted by atomic mass is 9.90. The van der Waals surface area contributed by atoms with Crippen molar-refractivity contribution in [2.24, 2.45) is 10.6 Å². The third-order valence-corrected chi connectivity index (χ3v) is 1.76. The molecule has 0 aliphatic heterocycles. The van der Waals surface area contributed by atoms with E-state index < -0.39 is 0 Å². The highest BCUT2D eigenvalue weighted by atomic mass is 16.4. The van der Waals surface area contributed by atoms with Crippen LogP contribution in [0.15, 0.2) is 17.8 Å². The maximum atomic E-state index is 8.79. The molecule has 13 heavy (non-hydrogen) atoms. The van der Waals surface area contributed by atoms with Crippen molar-refractivity contribution in [3.63, 3.8) is 0 Å². The largest absolute Gasteiger partial charge is 0.411 e. The van der Waals surface area contributed by atoms with Crippen LogP contribution in [0.1, 0.15) is 20.8 Å². The van der Waals surface area contributed by atoms with E-state index in [0.717, 1.165) is 0 Å². The van der Waals surface area contributed by atoms with Gasteiger partial charge >= 0.3 is 0 Å². The van der Waals surface area contributed by atoms with Gasteiger partial charge < -0.3 is 5.21 Å². The van der Waals surface area contributed by atoms with Gasteiger partial charge in [0.2, 0.25) is 0 Å². The van der Waals surface area contributed by atoms with Crippen molar-refractivity contribution in [3.8, 4) is 0 Å². The molecule has 0 unspecified atom stereocenters. The zero-order valence-electron chi connectivity index (χ0n) is 8.10. The van der Waals surface area contributed by atoms with E-state index in [4.69, 9.17) is 5.21 Å². The van der Waals surface area contributed by atoms with Crippen LogP contribution in [-0.4, -0.2) is 25.7 Å². The van der Waals surface area contributed by atoms with E-state index in [9.17, 15) is 0 Å². The fourth-order valence-corrected chi connectivity index (χ4v) is 0.887. The first-order valence-electron chi connectivity index (χ1n) is 4.08. The highest BCUT2D eigenvalue weighted by Gasteiger charge is 2.20. The van der Waals surface area contributed by atoms with Crippen LogP contribution in [0.4, 0.5) is 0 Å². The summed E-state index contributed by atoms with van der Waals surface area (Å²) in [5, 5.41) is 16.0. The van der Waals surface area contributed by atoms with Crippen LogP contribution in [0.5, 0.6) is 0 Å². The van der Waals surface area contributed by atoms with Crippen molar-refractivity contribution in [1.29, 1.82) is 0 Å². The molecule has 0 aliphatic rings. The highest BCUT2D eigenvalue weighted by Crippen LogP contribution is 2.16. The predicted molar refractivity (Wildman–Crippen MR) is 48.7 cm³/mol. The zero-order valence-corrected chi connectivity index (χ0v) is 8.10. The summed E-state index contributed by atoms with van der Waals surface area (Å²) in [5.74, 6) is 0. The molecule has 1 N–H and O–H groups in total. The number of aromatic nitrogens is 3. The van der Waals surface area contributed by atoms with E-state index >= 15 is 0 Å². The average Bonchev–Trinajstić information content (AvgIpc) is 2.49. The maximum absolute atomic E-state index is 8.79. The van der Waals surface area contributed by atoms with Crippen molar-refractivity contribution in [3.05, 3.63) is 12.7 Å². The minimum atomic E-state index is -0.152. The molecule has 0 saturated heterocycles. The Morgan fingerprint density at radius 2 is 2.23 bits per heavy atom. The van der Waals surface area contributed by atoms with Gasteiger partial charge in [0, 0.05) is 5.41 Å². The first kappa shape index (κ1) is 9.70. The van der Waals surface area contributed by atoms with Gasteiger partial charge in [-0.1, -0.05) is 25.9 Å². The van der Waals surface area contributed by atoms with E-state index in [0.29, 0.717) is 12.3 Å². The summed E-state index contributed by atoms with van der Waals surface area (Å²) in [5.41, 5.74) is 0.527. The second-order valence-electron chi connectivity index (χ2n) is 3.89. The number of nitrogens with zero attached hydrogens (tertiary/aromatic N) is 4. The molecule has 72 valence electrons. The van der Waals surface area contributed by atoms with Crippen molar-refractivity contribution in [2.45, 2.75) is 27.3 Å². The minimum Gasteiger partial charge on any atom is -0.411 e. The van der Waals surface area contributed by atoms with E-state index in [1.165, 1.54) is 6.33 Å². The molecular formula is C8H14N4O. The molecule has 0 aromatic carbocycles. The topological polar surface area (TPSA) is 63.3 Å². The third-order valence-electron chi connectivity index (χ3n) is 1.76. The molecule has 0 saturated carbocycles. The van der Waals surface area contributed by atoms with Gasteiger partial charge in [0.15, 0.2) is 0 Å². The molecule has 0 amide bonds. The Labute approximate surface area is 77.1 Å². The number of oxime groups is 1. The van der Waals surface area contributed by atoms with E-state index in [1.54, 1.807) is 11.0 Å². The number of hydrogen-bond acceptors (Lipinski definition) is 4. The normalized spacial score (nSPS) is 13.3. The molecule has 1 rings (SSSR count). The van der Waals surface area contributed by atoms with Crippen LogP contribution in [0.3, 0.4) is 0 Å². The van der Waals surface area contributed by atoms with Gasteiger partial charge in [0.1, 0.15) is 12.7 Å². The first-order chi connectivity index (χ1) is 6.04. The summed E-state index contributed by atoms with van der Waals surface area (Å²) in [7, 11) is 0. The summed E-state index contributed by atoms with van der Waals surface area (Å²) < 4.78 is 1.63. The summed E-state index contributed by atoms with van der Waals surface area (Å²) in [6.07, 6.45) is 3.05. The number of rotatable bonds is 2. The lowest BCUT2D eigenvalue weighted by Gasteiger charge is -2.19. The quantitative estimate of drug-likeness (QED) is 0.424. The van der Waals surface area contributed by atoms with Gasteiger partial charge in [-0.2, -0.15) is 5.10 Å². The lowest BCUT2D eigenvalue weighted by molar-refractivity contribution is 0.307. The van der Waals surface area contributed by atoms with Crippen molar-refractivity contribution in [2.75, 3.05) is 0 Å². The Bertz CT molecular complexity index is 284. The summed E-state index contributed by atoms with van der Waals surface area (Å²) in [6.45, 7) is 6.43. The fraction of sp³-hybridized carbons (Fsp3) is 0.625. The second kappa shape index (κ2) is 3.55. The van der Waals surface area contributed by atoms with E-state index in [2.05, 4.69) is 15.2 Å². The van der Waals surface area contributed by atoms with Crippen LogP contribution in [0.25, 0.3) is 0 Å². The van der Waals surface area contributed by atoms with Gasteiger partial charge in [-0.3, -0.25) is 0 Å². The van der Waals surface area contributed by atoms with Crippen LogP contribution in [-0.2, 0) is 6.54 Å². The van der Waals surface area contributed by atoms with Crippen LogP contribution in [0.2, 0.25) is 0 Å². The summed E-state index contributed by atoms with van der Waals surface area (Å²) in [4.78, 5) is 3.81. The Hall–Kier alpha value is -1.39. The molecule has 0 spiro atoms. The molecule has 5 nitrogen and oxygen atoms in total. The van der Waals surface area contributed by atoms with Gasteiger partial charge in [-0.15, -0.1) is 0 Å². The molecule has 0 bridgehead atoms. The van der Waals surface area contributed by atoms with Gasteiger partial charge in [-0.05, 0) is 0 Å².